The van der Waals surface area contributed by atoms with Crippen LogP contribution < -0.4 is 0 Å². The molecule has 1 aromatic heterocycles. The average Bonchev–Trinajstić information content (AvgIpc) is 2.65. The minimum atomic E-state index is -4.21. The largest absolute Gasteiger partial charge is 0.389 e. The van der Waals surface area contributed by atoms with Crippen LogP contribution in [0, 0.1) is 13.8 Å². The van der Waals surface area contributed by atoms with Gasteiger partial charge in [0.1, 0.15) is 5.82 Å². The number of aryl methyl sites for hydroxylation is 3. The van der Waals surface area contributed by atoms with E-state index in [0.29, 0.717) is 5.69 Å². The molecule has 0 spiro atoms. The van der Waals surface area contributed by atoms with Crippen molar-refractivity contribution in [2.75, 3.05) is 7.05 Å². The van der Waals surface area contributed by atoms with Crippen LogP contribution in [0.25, 0.3) is 5.57 Å². The van der Waals surface area contributed by atoms with Gasteiger partial charge in [0.2, 0.25) is 0 Å². The van der Waals surface area contributed by atoms with Crippen molar-refractivity contribution in [2.24, 2.45) is 10.2 Å². The van der Waals surface area contributed by atoms with E-state index in [1.807, 2.05) is 52.0 Å². The Morgan fingerprint density at radius 2 is 1.83 bits per heavy atom. The fourth-order valence-electron chi connectivity index (χ4n) is 2.67. The lowest BCUT2D eigenvalue weighted by atomic mass is 9.96. The van der Waals surface area contributed by atoms with Crippen LogP contribution >= 0.6 is 0 Å². The number of nitrogens with zero attached hydrogens (tertiary/aromatic N) is 4. The van der Waals surface area contributed by atoms with Gasteiger partial charge in [-0.25, -0.2) is 9.97 Å². The van der Waals surface area contributed by atoms with Crippen molar-refractivity contribution in [3.63, 3.8) is 0 Å². The van der Waals surface area contributed by atoms with Gasteiger partial charge in [-0.15, -0.1) is 0 Å². The van der Waals surface area contributed by atoms with E-state index >= 15 is 0 Å². The molecule has 0 aliphatic heterocycles. The molecule has 0 aliphatic rings. The Hall–Kier alpha value is -2.57. The third-order valence-corrected chi connectivity index (χ3v) is 3.96. The lowest BCUT2D eigenvalue weighted by Gasteiger charge is -2.13. The quantitative estimate of drug-likeness (QED) is 0.483. The lowest BCUT2D eigenvalue weighted by molar-refractivity contribution is -0.134. The molecule has 29 heavy (non-hydrogen) atoms. The van der Waals surface area contributed by atoms with Gasteiger partial charge in [-0.1, -0.05) is 33.4 Å². The first kappa shape index (κ1) is 26.4. The molecular weight excluding hydrogens is 377 g/mol. The number of alkyl halides is 3. The van der Waals surface area contributed by atoms with Gasteiger partial charge in [-0.3, -0.25) is 0 Å². The van der Waals surface area contributed by atoms with Gasteiger partial charge in [0, 0.05) is 30.9 Å². The van der Waals surface area contributed by atoms with E-state index in [2.05, 4.69) is 20.2 Å². The maximum Gasteiger partial charge on any atom is 0.389 e. The molecule has 1 aromatic carbocycles. The van der Waals surface area contributed by atoms with Crippen LogP contribution in [-0.2, 0) is 6.42 Å². The van der Waals surface area contributed by atoms with Crippen molar-refractivity contribution in [1.82, 2.24) is 9.97 Å². The summed E-state index contributed by atoms with van der Waals surface area (Å²) in [5.41, 5.74) is 5.12. The Morgan fingerprint density at radius 1 is 1.17 bits per heavy atom. The van der Waals surface area contributed by atoms with Crippen LogP contribution in [0.2, 0.25) is 0 Å². The van der Waals surface area contributed by atoms with Crippen LogP contribution in [-0.4, -0.2) is 23.2 Å². The number of benzene rings is 1. The Labute approximate surface area is 172 Å². The van der Waals surface area contributed by atoms with Gasteiger partial charge >= 0.3 is 6.18 Å². The molecule has 0 N–H and O–H groups in total. The van der Waals surface area contributed by atoms with E-state index in [4.69, 9.17) is 0 Å². The fraction of sp³-hybridized carbons (Fsp3) is 0.455. The van der Waals surface area contributed by atoms with Crippen molar-refractivity contribution < 1.29 is 13.2 Å². The Kier molecular flexibility index (Phi) is 11.0. The minimum Gasteiger partial charge on any atom is -0.241 e. The van der Waals surface area contributed by atoms with Gasteiger partial charge < -0.3 is 0 Å². The zero-order valence-corrected chi connectivity index (χ0v) is 17.2. The summed E-state index contributed by atoms with van der Waals surface area (Å²) in [7, 11) is 1.62. The van der Waals surface area contributed by atoms with Gasteiger partial charge in [0.05, 0.1) is 12.1 Å². The normalized spacial score (nSPS) is 11.7. The van der Waals surface area contributed by atoms with Crippen molar-refractivity contribution in [2.45, 2.75) is 61.1 Å². The molecule has 0 aliphatic carbocycles. The standard InChI is InChI=1S/C19H21F3N4.C2H6.CH4/c1-5-15(14-6-7-17(26-23-4)12(2)10-14)16-11-24-18(25-13(16)3)8-9-19(20,21)22;1-2;/h5-7,10-11H,8-9H2,1-4H3;1-2H3;1H4/b15-5-,26-23?;;. The highest BCUT2D eigenvalue weighted by molar-refractivity contribution is 5.81. The highest BCUT2D eigenvalue weighted by Gasteiger charge is 2.27. The molecule has 1 heterocycles. The number of hydrogen-bond acceptors (Lipinski definition) is 4. The van der Waals surface area contributed by atoms with E-state index in [-0.39, 0.29) is 19.7 Å². The first-order chi connectivity index (χ1) is 13.2. The summed E-state index contributed by atoms with van der Waals surface area (Å²) in [6.07, 6.45) is -1.81. The third-order valence-electron chi connectivity index (χ3n) is 3.96. The smallest absolute Gasteiger partial charge is 0.241 e. The van der Waals surface area contributed by atoms with Crippen LogP contribution in [0.3, 0.4) is 0 Å². The lowest BCUT2D eigenvalue weighted by Crippen LogP contribution is -2.11. The maximum atomic E-state index is 12.4. The summed E-state index contributed by atoms with van der Waals surface area (Å²) >= 11 is 0. The summed E-state index contributed by atoms with van der Waals surface area (Å²) in [6.45, 7) is 9.63. The molecule has 2 rings (SSSR count). The van der Waals surface area contributed by atoms with Crippen LogP contribution in [0.15, 0.2) is 40.7 Å². The van der Waals surface area contributed by atoms with E-state index < -0.39 is 12.6 Å². The molecule has 0 saturated carbocycles. The van der Waals surface area contributed by atoms with Crippen LogP contribution in [0.5, 0.6) is 0 Å². The molecule has 7 heteroatoms. The van der Waals surface area contributed by atoms with Gasteiger partial charge in [0.15, 0.2) is 0 Å². The van der Waals surface area contributed by atoms with Crippen molar-refractivity contribution in [3.8, 4) is 0 Å². The highest BCUT2D eigenvalue weighted by Crippen LogP contribution is 2.29. The SMILES string of the molecule is C.C/C=C(/c1ccc(N=NC)c(C)c1)c1cnc(CCC(F)(F)F)nc1C.CC. The Bertz CT molecular complexity index is 840. The number of azo groups is 1. The number of halogens is 3. The van der Waals surface area contributed by atoms with Crippen molar-refractivity contribution in [3.05, 3.63) is 58.7 Å². The molecular formula is C22H31F3N4. The summed E-state index contributed by atoms with van der Waals surface area (Å²) in [5, 5.41) is 7.85. The van der Waals surface area contributed by atoms with Crippen LogP contribution in [0.1, 0.15) is 62.8 Å². The molecule has 0 unspecified atom stereocenters. The molecule has 0 saturated heterocycles. The third kappa shape index (κ3) is 7.75. The maximum absolute atomic E-state index is 12.4. The number of aromatic nitrogens is 2. The van der Waals surface area contributed by atoms with E-state index in [9.17, 15) is 13.2 Å². The second-order valence-electron chi connectivity index (χ2n) is 5.90. The monoisotopic (exact) mass is 408 g/mol. The summed E-state index contributed by atoms with van der Waals surface area (Å²) in [6, 6.07) is 5.81. The minimum absolute atomic E-state index is 0. The zero-order chi connectivity index (χ0) is 21.3. The number of hydrogen-bond donors (Lipinski definition) is 0. The average molecular weight is 409 g/mol. The first-order valence-electron chi connectivity index (χ1n) is 9.22. The van der Waals surface area contributed by atoms with Gasteiger partial charge in [-0.2, -0.15) is 23.4 Å². The van der Waals surface area contributed by atoms with Crippen molar-refractivity contribution >= 4 is 11.3 Å². The van der Waals surface area contributed by atoms with E-state index in [1.165, 1.54) is 0 Å². The van der Waals surface area contributed by atoms with Crippen LogP contribution in [0.4, 0.5) is 18.9 Å². The summed E-state index contributed by atoms with van der Waals surface area (Å²) < 4.78 is 37.1. The predicted molar refractivity (Wildman–Crippen MR) is 114 cm³/mol. The first-order valence-corrected chi connectivity index (χ1v) is 9.22. The Morgan fingerprint density at radius 3 is 2.31 bits per heavy atom. The Balaban J connectivity index is 0.00000253. The van der Waals surface area contributed by atoms with Gasteiger partial charge in [-0.05, 0) is 49.6 Å². The molecule has 0 atom stereocenters. The van der Waals surface area contributed by atoms with Gasteiger partial charge in [0.25, 0.3) is 0 Å². The van der Waals surface area contributed by atoms with E-state index in [1.54, 1.807) is 20.2 Å². The molecule has 4 nitrogen and oxygen atoms in total. The second kappa shape index (κ2) is 12.1. The fourth-order valence-corrected chi connectivity index (χ4v) is 2.67. The second-order valence-corrected chi connectivity index (χ2v) is 5.90. The summed E-state index contributed by atoms with van der Waals surface area (Å²) in [5.74, 6) is 0.203. The predicted octanol–water partition coefficient (Wildman–Crippen LogP) is 7.42. The summed E-state index contributed by atoms with van der Waals surface area (Å²) in [4.78, 5) is 8.38. The van der Waals surface area contributed by atoms with E-state index in [0.717, 1.165) is 28.0 Å². The molecule has 0 amide bonds. The highest BCUT2D eigenvalue weighted by atomic mass is 19.4. The number of allylic oxidation sites excluding steroid dienone is 1. The zero-order valence-electron chi connectivity index (χ0n) is 17.2. The molecule has 0 radical (unpaired) electrons. The number of rotatable bonds is 5. The molecule has 0 bridgehead atoms. The molecule has 160 valence electrons. The molecule has 0 fully saturated rings. The van der Waals surface area contributed by atoms with Crippen molar-refractivity contribution in [1.29, 1.82) is 0 Å². The topological polar surface area (TPSA) is 50.5 Å². The molecule has 2 aromatic rings.